The van der Waals surface area contributed by atoms with Gasteiger partial charge in [-0.3, -0.25) is 4.57 Å². The van der Waals surface area contributed by atoms with Gasteiger partial charge in [0.2, 0.25) is 0 Å². The van der Waals surface area contributed by atoms with Gasteiger partial charge in [-0.05, 0) is 42.5 Å². The van der Waals surface area contributed by atoms with Crippen LogP contribution in [0.3, 0.4) is 0 Å². The average Bonchev–Trinajstić information content (AvgIpc) is 3.24. The molecule has 0 aliphatic heterocycles. The summed E-state index contributed by atoms with van der Waals surface area (Å²) in [5.41, 5.74) is 1.15. The third-order valence-electron chi connectivity index (χ3n) is 5.04. The van der Waals surface area contributed by atoms with E-state index in [9.17, 15) is 23.1 Å². The van der Waals surface area contributed by atoms with E-state index < -0.39 is 22.8 Å². The van der Waals surface area contributed by atoms with Gasteiger partial charge in [0.15, 0.2) is 17.0 Å². The van der Waals surface area contributed by atoms with Crippen molar-refractivity contribution < 1.29 is 23.1 Å². The van der Waals surface area contributed by atoms with Gasteiger partial charge >= 0.3 is 12.2 Å². The van der Waals surface area contributed by atoms with Crippen LogP contribution in [0.25, 0.3) is 16.9 Å². The SMILES string of the molecule is CN(CCO)c1ncnc2c1ncn2-c1ccc(NC(=O)Nc2ccc(Cl)c(C(F)(F)F)c2)cc1. The van der Waals surface area contributed by atoms with Crippen molar-refractivity contribution in [3.8, 4) is 5.69 Å². The van der Waals surface area contributed by atoms with Crippen LogP contribution < -0.4 is 15.5 Å². The number of nitrogens with zero attached hydrogens (tertiary/aromatic N) is 5. The Morgan fingerprint density at radius 3 is 2.46 bits per heavy atom. The predicted octanol–water partition coefficient (Wildman–Crippen LogP) is 4.56. The molecule has 0 unspecified atom stereocenters. The number of imidazole rings is 1. The number of fused-ring (bicyclic) bond motifs is 1. The van der Waals surface area contributed by atoms with Crippen LogP contribution >= 0.6 is 11.6 Å². The number of aliphatic hydroxyl groups is 1. The second kappa shape index (κ2) is 9.76. The number of amides is 2. The summed E-state index contributed by atoms with van der Waals surface area (Å²) in [6, 6.07) is 9.10. The Labute approximate surface area is 202 Å². The number of rotatable bonds is 6. The average molecular weight is 506 g/mol. The van der Waals surface area contributed by atoms with Gasteiger partial charge in [-0.25, -0.2) is 19.7 Å². The number of carbonyl (C=O) groups is 1. The number of aromatic nitrogens is 4. The molecule has 4 aromatic rings. The van der Waals surface area contributed by atoms with E-state index in [0.29, 0.717) is 34.9 Å². The topological polar surface area (TPSA) is 108 Å². The largest absolute Gasteiger partial charge is 0.417 e. The lowest BCUT2D eigenvalue weighted by Gasteiger charge is -2.16. The maximum Gasteiger partial charge on any atom is 0.417 e. The molecular weight excluding hydrogens is 487 g/mol. The fourth-order valence-electron chi connectivity index (χ4n) is 3.37. The minimum atomic E-state index is -4.64. The molecule has 9 nitrogen and oxygen atoms in total. The van der Waals surface area contributed by atoms with Gasteiger partial charge in [0, 0.05) is 30.7 Å². The fourth-order valence-corrected chi connectivity index (χ4v) is 3.59. The van der Waals surface area contributed by atoms with Crippen molar-refractivity contribution in [2.45, 2.75) is 6.18 Å². The molecule has 0 spiro atoms. The molecule has 0 aliphatic carbocycles. The molecule has 0 saturated carbocycles. The number of anilines is 3. The summed E-state index contributed by atoms with van der Waals surface area (Å²) < 4.78 is 40.8. The molecule has 0 saturated heterocycles. The summed E-state index contributed by atoms with van der Waals surface area (Å²) in [4.78, 5) is 27.0. The Morgan fingerprint density at radius 1 is 1.09 bits per heavy atom. The first-order valence-electron chi connectivity index (χ1n) is 10.2. The fraction of sp³-hybridized carbons (Fsp3) is 0.182. The van der Waals surface area contributed by atoms with Crippen molar-refractivity contribution in [1.82, 2.24) is 19.5 Å². The third kappa shape index (κ3) is 5.28. The van der Waals surface area contributed by atoms with E-state index in [-0.39, 0.29) is 12.3 Å². The highest BCUT2D eigenvalue weighted by molar-refractivity contribution is 6.31. The highest BCUT2D eigenvalue weighted by atomic mass is 35.5. The predicted molar refractivity (Wildman–Crippen MR) is 126 cm³/mol. The van der Waals surface area contributed by atoms with Crippen LogP contribution in [0.1, 0.15) is 5.56 Å². The summed E-state index contributed by atoms with van der Waals surface area (Å²) in [7, 11) is 1.79. The normalized spacial score (nSPS) is 11.5. The van der Waals surface area contributed by atoms with Gasteiger partial charge in [0.25, 0.3) is 0 Å². The molecule has 0 radical (unpaired) electrons. The van der Waals surface area contributed by atoms with Crippen LogP contribution in [0, 0.1) is 0 Å². The summed E-state index contributed by atoms with van der Waals surface area (Å²) in [5.74, 6) is 0.577. The van der Waals surface area contributed by atoms with Crippen LogP contribution in [0.4, 0.5) is 35.2 Å². The molecule has 4 rings (SSSR count). The molecule has 2 aromatic heterocycles. The number of benzene rings is 2. The van der Waals surface area contributed by atoms with Crippen LogP contribution in [-0.2, 0) is 6.18 Å². The molecule has 0 atom stereocenters. The second-order valence-electron chi connectivity index (χ2n) is 7.45. The molecular formula is C22H19ClF3N7O2. The van der Waals surface area contributed by atoms with E-state index in [1.165, 1.54) is 12.4 Å². The smallest absolute Gasteiger partial charge is 0.395 e. The summed E-state index contributed by atoms with van der Waals surface area (Å²) in [5, 5.41) is 13.7. The Bertz CT molecular complexity index is 1360. The molecule has 35 heavy (non-hydrogen) atoms. The number of hydrogen-bond donors (Lipinski definition) is 3. The lowest BCUT2D eigenvalue weighted by atomic mass is 10.2. The Hall–Kier alpha value is -3.90. The van der Waals surface area contributed by atoms with Gasteiger partial charge in [0.1, 0.15) is 12.7 Å². The minimum absolute atomic E-state index is 0.0355. The number of halogens is 4. The quantitative estimate of drug-likeness (QED) is 0.354. The molecule has 0 aliphatic rings. The Balaban J connectivity index is 1.49. The zero-order valence-corrected chi connectivity index (χ0v) is 19.0. The highest BCUT2D eigenvalue weighted by Crippen LogP contribution is 2.36. The standard InChI is InChI=1S/C22H19ClF3N7O2/c1-32(8-9-34)19-18-20(28-11-27-19)33(12-29-18)15-5-2-13(3-6-15)30-21(35)31-14-4-7-17(23)16(10-14)22(24,25)26/h2-7,10-12,34H,8-9H2,1H3,(H2,30,31,35). The summed E-state index contributed by atoms with van der Waals surface area (Å²) in [6.07, 6.45) is -1.65. The molecule has 0 fully saturated rings. The van der Waals surface area contributed by atoms with Gasteiger partial charge in [-0.2, -0.15) is 13.2 Å². The Morgan fingerprint density at radius 2 is 1.77 bits per heavy atom. The van der Waals surface area contributed by atoms with Gasteiger partial charge in [0.05, 0.1) is 17.2 Å². The van der Waals surface area contributed by atoms with E-state index >= 15 is 0 Å². The van der Waals surface area contributed by atoms with E-state index in [1.54, 1.807) is 47.1 Å². The number of hydrogen-bond acceptors (Lipinski definition) is 6. The molecule has 2 aromatic carbocycles. The van der Waals surface area contributed by atoms with Crippen molar-refractivity contribution in [1.29, 1.82) is 0 Å². The van der Waals surface area contributed by atoms with E-state index in [4.69, 9.17) is 11.6 Å². The zero-order valence-electron chi connectivity index (χ0n) is 18.2. The number of aliphatic hydroxyl groups excluding tert-OH is 1. The van der Waals surface area contributed by atoms with E-state index in [0.717, 1.165) is 12.1 Å². The maximum atomic E-state index is 13.0. The number of nitrogens with one attached hydrogen (secondary N) is 2. The monoisotopic (exact) mass is 505 g/mol. The number of likely N-dealkylation sites (N-methyl/N-ethyl adjacent to an activating group) is 1. The lowest BCUT2D eigenvalue weighted by molar-refractivity contribution is -0.137. The molecule has 182 valence electrons. The summed E-state index contributed by atoms with van der Waals surface area (Å²) in [6.45, 7) is 0.348. The molecule has 2 heterocycles. The second-order valence-corrected chi connectivity index (χ2v) is 7.85. The van der Waals surface area contributed by atoms with Gasteiger partial charge in [-0.15, -0.1) is 0 Å². The van der Waals surface area contributed by atoms with Gasteiger partial charge < -0.3 is 20.6 Å². The first-order chi connectivity index (χ1) is 16.7. The van der Waals surface area contributed by atoms with Crippen molar-refractivity contribution >= 4 is 46.0 Å². The van der Waals surface area contributed by atoms with Crippen molar-refractivity contribution in [2.75, 3.05) is 35.7 Å². The van der Waals surface area contributed by atoms with Crippen molar-refractivity contribution in [3.63, 3.8) is 0 Å². The van der Waals surface area contributed by atoms with Crippen LogP contribution in [0.5, 0.6) is 0 Å². The summed E-state index contributed by atoms with van der Waals surface area (Å²) >= 11 is 5.60. The van der Waals surface area contributed by atoms with E-state index in [2.05, 4.69) is 25.6 Å². The number of carbonyl (C=O) groups excluding carboxylic acids is 1. The van der Waals surface area contributed by atoms with Crippen LogP contribution in [0.2, 0.25) is 5.02 Å². The maximum absolute atomic E-state index is 13.0. The molecule has 13 heteroatoms. The Kier molecular flexibility index (Phi) is 6.76. The number of urea groups is 1. The first-order valence-corrected chi connectivity index (χ1v) is 10.6. The van der Waals surface area contributed by atoms with Gasteiger partial charge in [-0.1, -0.05) is 11.6 Å². The van der Waals surface area contributed by atoms with Crippen molar-refractivity contribution in [2.24, 2.45) is 0 Å². The van der Waals surface area contributed by atoms with Crippen molar-refractivity contribution in [3.05, 3.63) is 65.7 Å². The van der Waals surface area contributed by atoms with Crippen LogP contribution in [0.15, 0.2) is 55.1 Å². The highest BCUT2D eigenvalue weighted by Gasteiger charge is 2.33. The molecule has 0 bridgehead atoms. The number of alkyl halides is 3. The molecule has 3 N–H and O–H groups in total. The third-order valence-corrected chi connectivity index (χ3v) is 5.37. The van der Waals surface area contributed by atoms with Crippen LogP contribution in [-0.4, -0.2) is 50.9 Å². The lowest BCUT2D eigenvalue weighted by Crippen LogP contribution is -2.22. The van der Waals surface area contributed by atoms with E-state index in [1.807, 2.05) is 0 Å². The minimum Gasteiger partial charge on any atom is -0.395 e. The molecule has 2 amide bonds. The first kappa shape index (κ1) is 24.2. The zero-order chi connectivity index (χ0) is 25.2.